The van der Waals surface area contributed by atoms with Gasteiger partial charge in [-0.25, -0.2) is 4.39 Å². The first-order valence-corrected chi connectivity index (χ1v) is 3.66. The molecule has 1 saturated heterocycles. The van der Waals surface area contributed by atoms with E-state index in [4.69, 9.17) is 15.1 Å². The van der Waals surface area contributed by atoms with Crippen LogP contribution in [0.1, 0.15) is 0 Å². The molecule has 0 aromatic heterocycles. The minimum absolute atomic E-state index is 0. The van der Waals surface area contributed by atoms with Gasteiger partial charge in [0.2, 0.25) is 6.36 Å². The average molecular weight is 255 g/mol. The summed E-state index contributed by atoms with van der Waals surface area (Å²) in [4.78, 5) is 0.661. The van der Waals surface area contributed by atoms with Gasteiger partial charge in [-0.15, -0.1) is 0 Å². The van der Waals surface area contributed by atoms with Crippen LogP contribution in [-0.4, -0.2) is 53.3 Å². The van der Waals surface area contributed by atoms with E-state index in [1.54, 1.807) is 0 Å². The van der Waals surface area contributed by atoms with Crippen LogP contribution >= 0.6 is 0 Å². The Balaban J connectivity index is 0. The Kier molecular flexibility index (Phi) is 13.0. The summed E-state index contributed by atoms with van der Waals surface area (Å²) in [6.45, 7) is -2.10. The molecule has 10 heteroatoms. The summed E-state index contributed by atoms with van der Waals surface area (Å²) >= 11 is 0. The van der Waals surface area contributed by atoms with Crippen molar-refractivity contribution in [3.8, 4) is 0 Å². The molecule has 0 spiro atoms. The zero-order valence-corrected chi connectivity index (χ0v) is 11.2. The molecule has 0 aliphatic carbocycles. The van der Waals surface area contributed by atoms with Crippen molar-refractivity contribution in [2.45, 2.75) is 6.36 Å². The van der Waals surface area contributed by atoms with E-state index >= 15 is 0 Å². The number of rotatable bonds is 1. The molecule has 1 aliphatic heterocycles. The SMILES string of the molecule is F[C-](F)N1CCOC(F)C1.OB(O)O.[K+]. The van der Waals surface area contributed by atoms with Gasteiger partial charge < -0.3 is 33.5 Å². The van der Waals surface area contributed by atoms with E-state index in [2.05, 4.69) is 4.74 Å². The molecule has 0 bridgehead atoms. The van der Waals surface area contributed by atoms with E-state index in [1.165, 1.54) is 0 Å². The van der Waals surface area contributed by atoms with Crippen molar-refractivity contribution in [1.29, 1.82) is 0 Å². The zero-order valence-electron chi connectivity index (χ0n) is 8.11. The van der Waals surface area contributed by atoms with Crippen LogP contribution < -0.4 is 51.4 Å². The summed E-state index contributed by atoms with van der Waals surface area (Å²) in [7, 11) is -2.17. The van der Waals surface area contributed by atoms with E-state index < -0.39 is 20.2 Å². The van der Waals surface area contributed by atoms with Crippen molar-refractivity contribution >= 4 is 7.32 Å². The molecule has 1 fully saturated rings. The van der Waals surface area contributed by atoms with Crippen LogP contribution in [0.25, 0.3) is 0 Å². The maximum absolute atomic E-state index is 12.2. The molecular weight excluding hydrogens is 245 g/mol. The zero-order chi connectivity index (χ0) is 11.1. The largest absolute Gasteiger partial charge is 1.00 e. The number of halogens is 3. The Bertz CT molecular complexity index is 155. The second-order valence-electron chi connectivity index (χ2n) is 2.31. The smallest absolute Gasteiger partial charge is 0.404 e. The number of hydrogen-bond donors (Lipinski definition) is 3. The second kappa shape index (κ2) is 10.4. The van der Waals surface area contributed by atoms with Gasteiger partial charge in [-0.05, 0) is 6.54 Å². The van der Waals surface area contributed by atoms with Crippen molar-refractivity contribution in [3.05, 3.63) is 6.55 Å². The molecule has 1 unspecified atom stereocenters. The number of morpholine rings is 1. The predicted molar refractivity (Wildman–Crippen MR) is 40.3 cm³/mol. The van der Waals surface area contributed by atoms with Gasteiger partial charge in [0.1, 0.15) is 0 Å². The first kappa shape index (κ1) is 18.7. The van der Waals surface area contributed by atoms with Gasteiger partial charge in [0.05, 0.1) is 13.2 Å². The van der Waals surface area contributed by atoms with Crippen molar-refractivity contribution in [2.24, 2.45) is 0 Å². The summed E-state index contributed by atoms with van der Waals surface area (Å²) in [6, 6.07) is 0. The first-order chi connectivity index (χ1) is 6.43. The molecule has 5 nitrogen and oxygen atoms in total. The monoisotopic (exact) mass is 255 g/mol. The third-order valence-electron chi connectivity index (χ3n) is 1.26. The van der Waals surface area contributed by atoms with Crippen molar-refractivity contribution in [3.63, 3.8) is 0 Å². The summed E-state index contributed by atoms with van der Waals surface area (Å²) in [5.74, 6) is 0. The van der Waals surface area contributed by atoms with E-state index in [0.717, 1.165) is 0 Å². The Morgan fingerprint density at radius 1 is 1.33 bits per heavy atom. The summed E-state index contributed by atoms with van der Waals surface area (Å²) < 4.78 is 40.0. The number of alkyl halides is 1. The van der Waals surface area contributed by atoms with E-state index in [0.29, 0.717) is 4.90 Å². The van der Waals surface area contributed by atoms with Crippen LogP contribution in [0.5, 0.6) is 0 Å². The third kappa shape index (κ3) is 11.6. The fraction of sp³-hybridized carbons (Fsp3) is 0.800. The van der Waals surface area contributed by atoms with E-state index in [9.17, 15) is 13.2 Å². The summed E-state index contributed by atoms with van der Waals surface area (Å²) in [5.41, 5.74) is 0. The summed E-state index contributed by atoms with van der Waals surface area (Å²) in [5, 5.41) is 21.5. The quantitative estimate of drug-likeness (QED) is 0.253. The molecule has 3 N–H and O–H groups in total. The maximum atomic E-state index is 12.2. The second-order valence-corrected chi connectivity index (χ2v) is 2.31. The Morgan fingerprint density at radius 3 is 2.07 bits per heavy atom. The molecule has 1 aliphatic rings. The number of ether oxygens (including phenoxy) is 1. The third-order valence-corrected chi connectivity index (χ3v) is 1.26. The van der Waals surface area contributed by atoms with E-state index in [1.807, 2.05) is 0 Å². The molecule has 0 aromatic carbocycles. The fourth-order valence-corrected chi connectivity index (χ4v) is 0.762. The number of nitrogens with zero attached hydrogens (tertiary/aromatic N) is 1. The molecule has 15 heavy (non-hydrogen) atoms. The molecule has 0 saturated carbocycles. The molecule has 0 radical (unpaired) electrons. The summed E-state index contributed by atoms with van der Waals surface area (Å²) in [6.07, 6.45) is -1.57. The molecule has 1 heterocycles. The van der Waals surface area contributed by atoms with Crippen molar-refractivity contribution < 1.29 is 84.4 Å². The van der Waals surface area contributed by atoms with Gasteiger partial charge in [0, 0.05) is 6.54 Å². The van der Waals surface area contributed by atoms with Gasteiger partial charge >= 0.3 is 58.7 Å². The molecule has 1 atom stereocenters. The van der Waals surface area contributed by atoms with Crippen LogP contribution in [0.3, 0.4) is 0 Å². The normalized spacial score (nSPS) is 21.4. The Hall–Kier alpha value is 1.29. The molecule has 0 aromatic rings. The van der Waals surface area contributed by atoms with Crippen LogP contribution in [0.15, 0.2) is 0 Å². The Morgan fingerprint density at radius 2 is 1.80 bits per heavy atom. The minimum atomic E-state index is -2.17. The number of hydrogen-bond acceptors (Lipinski definition) is 5. The molecular formula is C5H10BF3KNO4. The van der Waals surface area contributed by atoms with Gasteiger partial charge in [-0.1, -0.05) is 0 Å². The predicted octanol–water partition coefficient (Wildman–Crippen LogP) is -4.05. The van der Waals surface area contributed by atoms with Crippen LogP contribution in [0.2, 0.25) is 0 Å². The van der Waals surface area contributed by atoms with Crippen LogP contribution in [0, 0.1) is 6.55 Å². The van der Waals surface area contributed by atoms with Crippen LogP contribution in [0.4, 0.5) is 13.2 Å². The minimum Gasteiger partial charge on any atom is -0.404 e. The van der Waals surface area contributed by atoms with Gasteiger partial charge in [-0.2, -0.15) is 0 Å². The van der Waals surface area contributed by atoms with E-state index in [-0.39, 0.29) is 71.1 Å². The topological polar surface area (TPSA) is 73.2 Å². The molecule has 1 rings (SSSR count). The Labute approximate surface area is 128 Å². The van der Waals surface area contributed by atoms with Gasteiger partial charge in [0.15, 0.2) is 0 Å². The van der Waals surface area contributed by atoms with Crippen LogP contribution in [-0.2, 0) is 4.74 Å². The van der Waals surface area contributed by atoms with Gasteiger partial charge in [-0.3, -0.25) is 0 Å². The fourth-order valence-electron chi connectivity index (χ4n) is 0.762. The average Bonchev–Trinajstić information content (AvgIpc) is 2.03. The standard InChI is InChI=1S/C5H7F3NO.BH3O3.K/c6-4-3-9(5(7)8)1-2-10-4;2-1(3)4;/h4H,1-3H2;2-4H;/q-1;;+1. The van der Waals surface area contributed by atoms with Crippen molar-refractivity contribution in [2.75, 3.05) is 19.7 Å². The molecule has 84 valence electrons. The first-order valence-electron chi connectivity index (χ1n) is 3.66. The molecule has 0 amide bonds. The van der Waals surface area contributed by atoms with Gasteiger partial charge in [0.25, 0.3) is 0 Å². The van der Waals surface area contributed by atoms with Crippen molar-refractivity contribution in [1.82, 2.24) is 4.90 Å². The maximum Gasteiger partial charge on any atom is 1.00 e.